The van der Waals surface area contributed by atoms with Crippen LogP contribution in [0.1, 0.15) is 68.5 Å². The maximum atomic E-state index is 13.1. The maximum absolute atomic E-state index is 13.1. The van der Waals surface area contributed by atoms with E-state index in [0.717, 1.165) is 29.8 Å². The van der Waals surface area contributed by atoms with Gasteiger partial charge >= 0.3 is 0 Å². The number of hydrogen-bond acceptors (Lipinski definition) is 6. The summed E-state index contributed by atoms with van der Waals surface area (Å²) >= 11 is 0. The van der Waals surface area contributed by atoms with Gasteiger partial charge in [0.1, 0.15) is 0 Å². The molecule has 0 saturated heterocycles. The SMILES string of the molecule is CCOc1cc(C(=O)NCc2cc(-c3ccncc3)n(C3CCCC3)n2)cc(OCC)c1OCC. The minimum absolute atomic E-state index is 0.226. The minimum Gasteiger partial charge on any atom is -0.490 e. The number of nitrogens with one attached hydrogen (secondary N) is 1. The molecule has 8 nitrogen and oxygen atoms in total. The summed E-state index contributed by atoms with van der Waals surface area (Å²) in [7, 11) is 0. The first kappa shape index (κ1) is 24.6. The van der Waals surface area contributed by atoms with Crippen molar-refractivity contribution in [3.05, 3.63) is 54.0 Å². The molecule has 2 aromatic heterocycles. The smallest absolute Gasteiger partial charge is 0.251 e. The van der Waals surface area contributed by atoms with E-state index in [4.69, 9.17) is 19.3 Å². The van der Waals surface area contributed by atoms with Gasteiger partial charge in [-0.2, -0.15) is 5.10 Å². The lowest BCUT2D eigenvalue weighted by molar-refractivity contribution is 0.0949. The van der Waals surface area contributed by atoms with E-state index in [1.165, 1.54) is 12.8 Å². The van der Waals surface area contributed by atoms with Crippen molar-refractivity contribution >= 4 is 5.91 Å². The fourth-order valence-corrected chi connectivity index (χ4v) is 4.49. The number of hydrogen-bond donors (Lipinski definition) is 1. The first-order valence-electron chi connectivity index (χ1n) is 12.5. The van der Waals surface area contributed by atoms with Crippen LogP contribution in [0.5, 0.6) is 17.2 Å². The Hall–Kier alpha value is -3.55. The van der Waals surface area contributed by atoms with Gasteiger partial charge in [-0.25, -0.2) is 0 Å². The Labute approximate surface area is 206 Å². The third-order valence-corrected chi connectivity index (χ3v) is 6.03. The molecule has 3 aromatic rings. The summed E-state index contributed by atoms with van der Waals surface area (Å²) in [6, 6.07) is 9.84. The van der Waals surface area contributed by atoms with Crippen molar-refractivity contribution in [1.29, 1.82) is 0 Å². The van der Waals surface area contributed by atoms with Gasteiger partial charge in [-0.15, -0.1) is 0 Å². The zero-order valence-electron chi connectivity index (χ0n) is 20.8. The molecule has 0 atom stereocenters. The van der Waals surface area contributed by atoms with Crippen molar-refractivity contribution in [3.63, 3.8) is 0 Å². The molecule has 0 radical (unpaired) electrons. The van der Waals surface area contributed by atoms with Crippen LogP contribution in [0.2, 0.25) is 0 Å². The lowest BCUT2D eigenvalue weighted by Crippen LogP contribution is -2.23. The third-order valence-electron chi connectivity index (χ3n) is 6.03. The standard InChI is InChI=1S/C27H34N4O4/c1-4-33-24-15-20(16-25(34-5-2)26(24)35-6-3)27(32)29-18-21-17-23(19-11-13-28-14-12-19)31(30-21)22-9-7-8-10-22/h11-17,22H,4-10,18H2,1-3H3,(H,29,32). The van der Waals surface area contributed by atoms with E-state index in [9.17, 15) is 4.79 Å². The quantitative estimate of drug-likeness (QED) is 0.408. The number of ether oxygens (including phenoxy) is 3. The number of aromatic nitrogens is 3. The van der Waals surface area contributed by atoms with E-state index in [1.54, 1.807) is 24.5 Å². The van der Waals surface area contributed by atoms with E-state index >= 15 is 0 Å². The Morgan fingerprint density at radius 1 is 0.971 bits per heavy atom. The van der Waals surface area contributed by atoms with Gasteiger partial charge in [-0.3, -0.25) is 14.5 Å². The third kappa shape index (κ3) is 5.75. The van der Waals surface area contributed by atoms with Gasteiger partial charge in [0.2, 0.25) is 5.75 Å². The van der Waals surface area contributed by atoms with Gasteiger partial charge in [-0.1, -0.05) is 12.8 Å². The number of carbonyl (C=O) groups excluding carboxylic acids is 1. The van der Waals surface area contributed by atoms with E-state index in [-0.39, 0.29) is 5.91 Å². The van der Waals surface area contributed by atoms with Crippen molar-refractivity contribution < 1.29 is 19.0 Å². The Balaban J connectivity index is 1.56. The highest BCUT2D eigenvalue weighted by Gasteiger charge is 2.23. The topological polar surface area (TPSA) is 87.5 Å². The minimum atomic E-state index is -0.226. The Morgan fingerprint density at radius 3 is 2.20 bits per heavy atom. The van der Waals surface area contributed by atoms with Crippen LogP contribution in [0.3, 0.4) is 0 Å². The van der Waals surface area contributed by atoms with Crippen molar-refractivity contribution in [2.45, 2.75) is 59.0 Å². The van der Waals surface area contributed by atoms with E-state index in [0.29, 0.717) is 55.2 Å². The average molecular weight is 479 g/mol. The van der Waals surface area contributed by atoms with Crippen LogP contribution in [0, 0.1) is 0 Å². The van der Waals surface area contributed by atoms with Gasteiger partial charge in [-0.05, 0) is 63.9 Å². The monoisotopic (exact) mass is 478 g/mol. The number of rotatable bonds is 11. The molecule has 8 heteroatoms. The zero-order chi connectivity index (χ0) is 24.6. The normalized spacial score (nSPS) is 13.6. The summed E-state index contributed by atoms with van der Waals surface area (Å²) in [5.74, 6) is 1.28. The number of carbonyl (C=O) groups is 1. The molecule has 1 aromatic carbocycles. The van der Waals surface area contributed by atoms with Crippen LogP contribution in [-0.4, -0.2) is 40.5 Å². The Morgan fingerprint density at radius 2 is 1.60 bits per heavy atom. The molecule has 0 unspecified atom stereocenters. The molecule has 1 aliphatic rings. The van der Waals surface area contributed by atoms with Crippen LogP contribution in [0.25, 0.3) is 11.3 Å². The van der Waals surface area contributed by atoms with Gasteiger partial charge in [0.05, 0.1) is 43.8 Å². The molecule has 186 valence electrons. The Kier molecular flexibility index (Phi) is 8.23. The summed E-state index contributed by atoms with van der Waals surface area (Å²) in [6.07, 6.45) is 8.26. The predicted molar refractivity (Wildman–Crippen MR) is 134 cm³/mol. The molecule has 1 saturated carbocycles. The first-order valence-corrected chi connectivity index (χ1v) is 12.5. The molecule has 0 bridgehead atoms. The Bertz CT molecular complexity index is 1100. The highest BCUT2D eigenvalue weighted by atomic mass is 16.5. The molecule has 1 amide bonds. The highest BCUT2D eigenvalue weighted by Crippen LogP contribution is 2.39. The first-order chi connectivity index (χ1) is 17.1. The van der Waals surface area contributed by atoms with Crippen LogP contribution >= 0.6 is 0 Å². The molecule has 4 rings (SSSR count). The van der Waals surface area contributed by atoms with Crippen molar-refractivity contribution in [2.75, 3.05) is 19.8 Å². The summed E-state index contributed by atoms with van der Waals surface area (Å²) in [6.45, 7) is 7.37. The predicted octanol–water partition coefficient (Wildman–Crippen LogP) is 5.19. The van der Waals surface area contributed by atoms with Crippen molar-refractivity contribution in [3.8, 4) is 28.5 Å². The number of benzene rings is 1. The molecule has 1 fully saturated rings. The van der Waals surface area contributed by atoms with E-state index in [1.807, 2.05) is 32.9 Å². The second-order valence-corrected chi connectivity index (χ2v) is 8.42. The second-order valence-electron chi connectivity index (χ2n) is 8.42. The number of amides is 1. The molecular weight excluding hydrogens is 444 g/mol. The largest absolute Gasteiger partial charge is 0.490 e. The van der Waals surface area contributed by atoms with Crippen LogP contribution in [0.15, 0.2) is 42.7 Å². The summed E-state index contributed by atoms with van der Waals surface area (Å²) < 4.78 is 19.4. The summed E-state index contributed by atoms with van der Waals surface area (Å²) in [5, 5.41) is 7.89. The van der Waals surface area contributed by atoms with Crippen LogP contribution in [0.4, 0.5) is 0 Å². The zero-order valence-corrected chi connectivity index (χ0v) is 20.8. The molecule has 0 spiro atoms. The van der Waals surface area contributed by atoms with Crippen molar-refractivity contribution in [1.82, 2.24) is 20.1 Å². The highest BCUT2D eigenvalue weighted by molar-refractivity contribution is 5.95. The number of nitrogens with zero attached hydrogens (tertiary/aromatic N) is 3. The van der Waals surface area contributed by atoms with E-state index in [2.05, 4.69) is 21.0 Å². The van der Waals surface area contributed by atoms with Gasteiger partial charge < -0.3 is 19.5 Å². The lowest BCUT2D eigenvalue weighted by Gasteiger charge is -2.17. The summed E-state index contributed by atoms with van der Waals surface area (Å²) in [4.78, 5) is 17.3. The molecule has 2 heterocycles. The molecular formula is C27H34N4O4. The molecule has 35 heavy (non-hydrogen) atoms. The number of pyridine rings is 1. The van der Waals surface area contributed by atoms with Crippen LogP contribution < -0.4 is 19.5 Å². The lowest BCUT2D eigenvalue weighted by atomic mass is 10.1. The van der Waals surface area contributed by atoms with Gasteiger partial charge in [0.15, 0.2) is 11.5 Å². The van der Waals surface area contributed by atoms with Gasteiger partial charge in [0, 0.05) is 23.5 Å². The fourth-order valence-electron chi connectivity index (χ4n) is 4.49. The van der Waals surface area contributed by atoms with Crippen LogP contribution in [-0.2, 0) is 6.54 Å². The van der Waals surface area contributed by atoms with Gasteiger partial charge in [0.25, 0.3) is 5.91 Å². The molecule has 1 aliphatic carbocycles. The van der Waals surface area contributed by atoms with E-state index < -0.39 is 0 Å². The second kappa shape index (κ2) is 11.7. The summed E-state index contributed by atoms with van der Waals surface area (Å²) in [5.41, 5.74) is 3.40. The molecule has 0 aliphatic heterocycles. The average Bonchev–Trinajstić information content (AvgIpc) is 3.55. The fraction of sp³-hybridized carbons (Fsp3) is 0.444. The maximum Gasteiger partial charge on any atom is 0.251 e. The van der Waals surface area contributed by atoms with Crippen molar-refractivity contribution in [2.24, 2.45) is 0 Å². The molecule has 1 N–H and O–H groups in total.